The van der Waals surface area contributed by atoms with Crippen LogP contribution in [0.1, 0.15) is 37.4 Å². The first-order valence-corrected chi connectivity index (χ1v) is 9.54. The molecule has 3 heterocycles. The average molecular weight is 370 g/mol. The lowest BCUT2D eigenvalue weighted by Crippen LogP contribution is -2.39. The van der Waals surface area contributed by atoms with E-state index in [1.807, 2.05) is 40.9 Å². The summed E-state index contributed by atoms with van der Waals surface area (Å²) < 4.78 is 8.00. The molecule has 5 rings (SSSR count). The van der Waals surface area contributed by atoms with Crippen LogP contribution in [0.5, 0.6) is 5.75 Å². The van der Waals surface area contributed by atoms with E-state index in [-0.39, 0.29) is 6.10 Å². The van der Waals surface area contributed by atoms with Crippen LogP contribution in [0.15, 0.2) is 36.4 Å². The molecular weight excluding hydrogens is 350 g/mol. The molecule has 1 aliphatic heterocycles. The van der Waals surface area contributed by atoms with Crippen molar-refractivity contribution in [2.24, 2.45) is 0 Å². The zero-order valence-electron chi connectivity index (χ0n) is 14.4. The molecule has 0 atom stereocenters. The predicted molar refractivity (Wildman–Crippen MR) is 100 cm³/mol. The van der Waals surface area contributed by atoms with Crippen molar-refractivity contribution in [2.75, 3.05) is 18.0 Å². The first-order chi connectivity index (χ1) is 12.8. The Labute approximate surface area is 156 Å². The predicted octanol–water partition coefficient (Wildman–Crippen LogP) is 3.70. The monoisotopic (exact) mass is 369 g/mol. The number of aromatic nitrogens is 4. The van der Waals surface area contributed by atoms with Crippen LogP contribution in [0, 0.1) is 0 Å². The third-order valence-electron chi connectivity index (χ3n) is 5.11. The van der Waals surface area contributed by atoms with Crippen molar-refractivity contribution in [3.63, 3.8) is 0 Å². The van der Waals surface area contributed by atoms with E-state index in [1.54, 1.807) is 0 Å². The van der Waals surface area contributed by atoms with Crippen molar-refractivity contribution in [3.8, 4) is 5.75 Å². The van der Waals surface area contributed by atoms with Gasteiger partial charge in [-0.1, -0.05) is 23.7 Å². The lowest BCUT2D eigenvalue weighted by Gasteiger charge is -2.33. The van der Waals surface area contributed by atoms with Crippen LogP contribution in [-0.2, 0) is 0 Å². The molecular formula is C19H20ClN5O. The Morgan fingerprint density at radius 3 is 2.54 bits per heavy atom. The van der Waals surface area contributed by atoms with Crippen LogP contribution in [0.2, 0.25) is 5.02 Å². The van der Waals surface area contributed by atoms with Crippen LogP contribution in [0.4, 0.5) is 5.82 Å². The Morgan fingerprint density at radius 2 is 1.77 bits per heavy atom. The Balaban J connectivity index is 1.28. The summed E-state index contributed by atoms with van der Waals surface area (Å²) in [5, 5.41) is 14.0. The van der Waals surface area contributed by atoms with E-state index in [1.165, 1.54) is 12.8 Å². The topological polar surface area (TPSA) is 55.5 Å². The molecule has 0 bridgehead atoms. The van der Waals surface area contributed by atoms with E-state index in [9.17, 15) is 0 Å². The molecule has 0 spiro atoms. The molecule has 0 amide bonds. The molecule has 1 aromatic carbocycles. The van der Waals surface area contributed by atoms with Gasteiger partial charge in [-0.05, 0) is 37.1 Å². The molecule has 1 saturated heterocycles. The number of anilines is 1. The van der Waals surface area contributed by atoms with Crippen molar-refractivity contribution in [1.29, 1.82) is 0 Å². The summed E-state index contributed by atoms with van der Waals surface area (Å²) in [5.74, 6) is 3.28. The van der Waals surface area contributed by atoms with Crippen molar-refractivity contribution in [1.82, 2.24) is 19.8 Å². The number of nitrogens with zero attached hydrogens (tertiary/aromatic N) is 5. The third-order valence-corrected chi connectivity index (χ3v) is 5.42. The molecule has 0 radical (unpaired) electrons. The van der Waals surface area contributed by atoms with Crippen molar-refractivity contribution >= 4 is 23.1 Å². The number of benzene rings is 1. The fraction of sp³-hybridized carbons (Fsp3) is 0.421. The van der Waals surface area contributed by atoms with Crippen LogP contribution >= 0.6 is 11.6 Å². The fourth-order valence-corrected chi connectivity index (χ4v) is 3.66. The highest BCUT2D eigenvalue weighted by molar-refractivity contribution is 6.32. The summed E-state index contributed by atoms with van der Waals surface area (Å²) in [7, 11) is 0. The summed E-state index contributed by atoms with van der Waals surface area (Å²) in [4.78, 5) is 2.31. The maximum Gasteiger partial charge on any atom is 0.178 e. The number of rotatable bonds is 4. The quantitative estimate of drug-likeness (QED) is 0.701. The van der Waals surface area contributed by atoms with Crippen molar-refractivity contribution in [2.45, 2.75) is 37.7 Å². The van der Waals surface area contributed by atoms with Crippen LogP contribution < -0.4 is 9.64 Å². The Kier molecular flexibility index (Phi) is 3.93. The van der Waals surface area contributed by atoms with Crippen LogP contribution in [-0.4, -0.2) is 39.0 Å². The van der Waals surface area contributed by atoms with Crippen LogP contribution in [0.3, 0.4) is 0 Å². The average Bonchev–Trinajstić information content (AvgIpc) is 3.43. The lowest BCUT2D eigenvalue weighted by molar-refractivity contribution is 0.171. The number of para-hydroxylation sites is 1. The molecule has 2 aliphatic rings. The minimum absolute atomic E-state index is 0.187. The smallest absolute Gasteiger partial charge is 0.178 e. The van der Waals surface area contributed by atoms with Gasteiger partial charge in [0, 0.05) is 31.8 Å². The lowest BCUT2D eigenvalue weighted by atomic mass is 10.1. The summed E-state index contributed by atoms with van der Waals surface area (Å²) in [6, 6.07) is 11.7. The molecule has 26 heavy (non-hydrogen) atoms. The van der Waals surface area contributed by atoms with Gasteiger partial charge in [0.05, 0.1) is 5.02 Å². The van der Waals surface area contributed by atoms with Gasteiger partial charge in [-0.15, -0.1) is 15.3 Å². The molecule has 2 aromatic heterocycles. The molecule has 134 valence electrons. The summed E-state index contributed by atoms with van der Waals surface area (Å²) in [6.45, 7) is 1.82. The minimum Gasteiger partial charge on any atom is -0.489 e. The van der Waals surface area contributed by atoms with E-state index in [4.69, 9.17) is 21.4 Å². The van der Waals surface area contributed by atoms with E-state index in [0.29, 0.717) is 10.9 Å². The molecule has 0 N–H and O–H groups in total. The van der Waals surface area contributed by atoms with Gasteiger partial charge < -0.3 is 9.64 Å². The molecule has 1 saturated carbocycles. The Hall–Kier alpha value is -2.34. The van der Waals surface area contributed by atoms with E-state index in [0.717, 1.165) is 49.0 Å². The molecule has 3 aromatic rings. The first kappa shape index (κ1) is 15.9. The minimum atomic E-state index is 0.187. The first-order valence-electron chi connectivity index (χ1n) is 9.16. The van der Waals surface area contributed by atoms with Crippen molar-refractivity contribution < 1.29 is 4.74 Å². The number of ether oxygens (including phenoxy) is 1. The third kappa shape index (κ3) is 2.98. The molecule has 6 nitrogen and oxygen atoms in total. The number of hydrogen-bond acceptors (Lipinski definition) is 5. The molecule has 0 unspecified atom stereocenters. The number of fused-ring (bicyclic) bond motifs is 1. The van der Waals surface area contributed by atoms with Gasteiger partial charge >= 0.3 is 0 Å². The van der Waals surface area contributed by atoms with Crippen LogP contribution in [0.25, 0.3) is 5.65 Å². The summed E-state index contributed by atoms with van der Waals surface area (Å²) >= 11 is 6.20. The maximum atomic E-state index is 6.20. The number of hydrogen-bond donors (Lipinski definition) is 0. The second-order valence-electron chi connectivity index (χ2n) is 7.03. The molecule has 1 aliphatic carbocycles. The van der Waals surface area contributed by atoms with Gasteiger partial charge in [-0.3, -0.25) is 0 Å². The Bertz CT molecular complexity index is 931. The Morgan fingerprint density at radius 1 is 0.962 bits per heavy atom. The normalized spacial score (nSPS) is 18.4. The maximum absolute atomic E-state index is 6.20. The largest absolute Gasteiger partial charge is 0.489 e. The zero-order valence-corrected chi connectivity index (χ0v) is 15.1. The highest BCUT2D eigenvalue weighted by Crippen LogP contribution is 2.38. The summed E-state index contributed by atoms with van der Waals surface area (Å²) in [5.41, 5.74) is 0.826. The highest BCUT2D eigenvalue weighted by atomic mass is 35.5. The van der Waals surface area contributed by atoms with Gasteiger partial charge in [0.2, 0.25) is 0 Å². The number of halogens is 1. The van der Waals surface area contributed by atoms with Crippen molar-refractivity contribution in [3.05, 3.63) is 47.2 Å². The number of piperidine rings is 1. The molecule has 7 heteroatoms. The SMILES string of the molecule is Clc1ccccc1OC1CCN(c2ccc3nnc(C4CC4)n3n2)CC1. The summed E-state index contributed by atoms with van der Waals surface area (Å²) in [6.07, 6.45) is 4.46. The second kappa shape index (κ2) is 6.43. The van der Waals surface area contributed by atoms with Gasteiger partial charge in [0.1, 0.15) is 17.7 Å². The highest BCUT2D eigenvalue weighted by Gasteiger charge is 2.30. The van der Waals surface area contributed by atoms with Gasteiger partial charge in [0.15, 0.2) is 11.5 Å². The van der Waals surface area contributed by atoms with Gasteiger partial charge in [0.25, 0.3) is 0 Å². The van der Waals surface area contributed by atoms with Gasteiger partial charge in [-0.25, -0.2) is 0 Å². The van der Waals surface area contributed by atoms with E-state index >= 15 is 0 Å². The fourth-order valence-electron chi connectivity index (χ4n) is 3.48. The standard InChI is InChI=1S/C19H20ClN5O/c20-15-3-1-2-4-16(15)26-14-9-11-24(12-10-14)18-8-7-17-21-22-19(13-5-6-13)25(17)23-18/h1-4,7-8,13-14H,5-6,9-12H2. The van der Waals surface area contributed by atoms with E-state index in [2.05, 4.69) is 15.1 Å². The van der Waals surface area contributed by atoms with E-state index < -0.39 is 0 Å². The van der Waals surface area contributed by atoms with Gasteiger partial charge in [-0.2, -0.15) is 4.52 Å². The molecule has 2 fully saturated rings. The zero-order chi connectivity index (χ0) is 17.5. The second-order valence-corrected chi connectivity index (χ2v) is 7.44.